The van der Waals surface area contributed by atoms with Crippen LogP contribution >= 0.6 is 0 Å². The molecule has 24 heavy (non-hydrogen) atoms. The van der Waals surface area contributed by atoms with Gasteiger partial charge in [0.05, 0.1) is 6.54 Å². The molecule has 1 atom stereocenters. The minimum atomic E-state index is -0.991. The first kappa shape index (κ1) is 16.2. The lowest BCUT2D eigenvalue weighted by Crippen LogP contribution is -2.46. The van der Waals surface area contributed by atoms with Gasteiger partial charge in [0.25, 0.3) is 5.91 Å². The van der Waals surface area contributed by atoms with Gasteiger partial charge in [-0.2, -0.15) is 5.10 Å². The molecule has 2 aliphatic heterocycles. The highest BCUT2D eigenvalue weighted by Gasteiger charge is 2.37. The third kappa shape index (κ3) is 3.29. The molecule has 0 spiro atoms. The van der Waals surface area contributed by atoms with Crippen LogP contribution in [0, 0.1) is 0 Å². The number of likely N-dealkylation sites (tertiary alicyclic amines) is 1. The van der Waals surface area contributed by atoms with Crippen LogP contribution in [0.25, 0.3) is 0 Å². The lowest BCUT2D eigenvalue weighted by atomic mass is 10.1. The van der Waals surface area contributed by atoms with E-state index < -0.39 is 12.0 Å². The number of nitrogens with zero attached hydrogens (tertiary/aromatic N) is 3. The van der Waals surface area contributed by atoms with Crippen molar-refractivity contribution < 1.29 is 19.5 Å². The van der Waals surface area contributed by atoms with E-state index in [4.69, 9.17) is 0 Å². The second kappa shape index (κ2) is 6.82. The number of hydrazone groups is 1. The van der Waals surface area contributed by atoms with Gasteiger partial charge in [-0.15, -0.1) is 0 Å². The van der Waals surface area contributed by atoms with Crippen molar-refractivity contribution in [3.8, 4) is 0 Å². The second-order valence-electron chi connectivity index (χ2n) is 5.98. The van der Waals surface area contributed by atoms with Crippen LogP contribution in [0.2, 0.25) is 0 Å². The van der Waals surface area contributed by atoms with Crippen molar-refractivity contribution in [1.82, 2.24) is 9.91 Å². The molecular formula is C17H19N3O4. The monoisotopic (exact) mass is 329 g/mol. The number of carbonyl (C=O) groups excluding carboxylic acids is 2. The van der Waals surface area contributed by atoms with Gasteiger partial charge in [0.2, 0.25) is 5.91 Å². The number of carbonyl (C=O) groups is 3. The molecule has 3 rings (SSSR count). The van der Waals surface area contributed by atoms with E-state index in [9.17, 15) is 19.5 Å². The van der Waals surface area contributed by atoms with Crippen LogP contribution in [0.4, 0.5) is 0 Å². The number of amides is 2. The van der Waals surface area contributed by atoms with Crippen LogP contribution in [-0.2, 0) is 20.9 Å². The van der Waals surface area contributed by atoms with E-state index >= 15 is 0 Å². The van der Waals surface area contributed by atoms with E-state index in [-0.39, 0.29) is 30.4 Å². The minimum absolute atomic E-state index is 0.133. The van der Waals surface area contributed by atoms with Gasteiger partial charge in [-0.3, -0.25) is 9.59 Å². The Morgan fingerprint density at radius 2 is 1.96 bits per heavy atom. The Bertz CT molecular complexity index is 686. The summed E-state index contributed by atoms with van der Waals surface area (Å²) in [6.45, 7) is 0.722. The van der Waals surface area contributed by atoms with Crippen LogP contribution in [0.3, 0.4) is 0 Å². The Labute approximate surface area is 139 Å². The minimum Gasteiger partial charge on any atom is -0.480 e. The molecule has 2 aliphatic rings. The standard InChI is InChI=1S/C17H19N3O4/c21-15-9-8-13(16(22)19-10-4-7-14(19)17(23)24)18-20(15)11-12-5-2-1-3-6-12/h1-3,5-6,14H,4,7-11H2,(H,23,24)/t14-/m1/s1. The van der Waals surface area contributed by atoms with E-state index in [1.165, 1.54) is 9.91 Å². The predicted molar refractivity (Wildman–Crippen MR) is 86.0 cm³/mol. The smallest absolute Gasteiger partial charge is 0.326 e. The zero-order chi connectivity index (χ0) is 17.1. The van der Waals surface area contributed by atoms with Crippen molar-refractivity contribution in [1.29, 1.82) is 0 Å². The van der Waals surface area contributed by atoms with E-state index in [0.717, 1.165) is 5.56 Å². The molecule has 1 N–H and O–H groups in total. The third-order valence-corrected chi connectivity index (χ3v) is 4.33. The van der Waals surface area contributed by atoms with Crippen LogP contribution < -0.4 is 0 Å². The van der Waals surface area contributed by atoms with Gasteiger partial charge in [0.15, 0.2) is 0 Å². The molecule has 0 unspecified atom stereocenters. The summed E-state index contributed by atoms with van der Waals surface area (Å²) in [6.07, 6.45) is 1.60. The van der Waals surface area contributed by atoms with Crippen LogP contribution in [0.15, 0.2) is 35.4 Å². The highest BCUT2D eigenvalue weighted by Crippen LogP contribution is 2.21. The molecule has 7 nitrogen and oxygen atoms in total. The molecule has 0 radical (unpaired) electrons. The molecule has 7 heteroatoms. The van der Waals surface area contributed by atoms with Gasteiger partial charge < -0.3 is 10.0 Å². The van der Waals surface area contributed by atoms with Crippen LogP contribution in [0.5, 0.6) is 0 Å². The summed E-state index contributed by atoms with van der Waals surface area (Å²) in [4.78, 5) is 37.3. The molecule has 126 valence electrons. The Balaban J connectivity index is 1.77. The first-order valence-electron chi connectivity index (χ1n) is 8.02. The third-order valence-electron chi connectivity index (χ3n) is 4.33. The van der Waals surface area contributed by atoms with Crippen molar-refractivity contribution in [3.63, 3.8) is 0 Å². The Kier molecular flexibility index (Phi) is 4.59. The average Bonchev–Trinajstić information content (AvgIpc) is 3.07. The zero-order valence-electron chi connectivity index (χ0n) is 13.2. The van der Waals surface area contributed by atoms with E-state index in [1.54, 1.807) is 0 Å². The maximum atomic E-state index is 12.6. The molecule has 1 saturated heterocycles. The zero-order valence-corrected chi connectivity index (χ0v) is 13.2. The quantitative estimate of drug-likeness (QED) is 0.900. The number of carboxylic acids is 1. The van der Waals surface area contributed by atoms with Gasteiger partial charge in [0.1, 0.15) is 11.8 Å². The molecule has 1 aromatic rings. The van der Waals surface area contributed by atoms with Gasteiger partial charge >= 0.3 is 5.97 Å². The van der Waals surface area contributed by atoms with Crippen molar-refractivity contribution in [2.24, 2.45) is 5.10 Å². The molecule has 2 heterocycles. The number of rotatable bonds is 4. The normalized spacial score (nSPS) is 20.9. The largest absolute Gasteiger partial charge is 0.480 e. The molecule has 0 bridgehead atoms. The summed E-state index contributed by atoms with van der Waals surface area (Å²) in [5, 5.41) is 14.7. The first-order chi connectivity index (χ1) is 11.6. The number of hydrogen-bond donors (Lipinski definition) is 1. The fourth-order valence-corrected chi connectivity index (χ4v) is 3.07. The number of benzene rings is 1. The molecule has 0 aliphatic carbocycles. The molecule has 0 aromatic heterocycles. The fourth-order valence-electron chi connectivity index (χ4n) is 3.07. The topological polar surface area (TPSA) is 90.3 Å². The second-order valence-corrected chi connectivity index (χ2v) is 5.98. The summed E-state index contributed by atoms with van der Waals surface area (Å²) in [6, 6.07) is 8.63. The number of hydrogen-bond acceptors (Lipinski definition) is 4. The Morgan fingerprint density at radius 1 is 1.21 bits per heavy atom. The van der Waals surface area contributed by atoms with Crippen LogP contribution in [0.1, 0.15) is 31.2 Å². The summed E-state index contributed by atoms with van der Waals surface area (Å²) in [5.41, 5.74) is 1.19. The lowest BCUT2D eigenvalue weighted by molar-refractivity contribution is -0.146. The summed E-state index contributed by atoms with van der Waals surface area (Å²) < 4.78 is 0. The average molecular weight is 329 g/mol. The molecule has 0 saturated carbocycles. The Morgan fingerprint density at radius 3 is 2.67 bits per heavy atom. The number of aliphatic carboxylic acids is 1. The van der Waals surface area contributed by atoms with Crippen molar-refractivity contribution >= 4 is 23.5 Å². The molecule has 1 fully saturated rings. The number of carboxylic acid groups (broad SMARTS) is 1. The van der Waals surface area contributed by atoms with Crippen molar-refractivity contribution in [2.75, 3.05) is 6.54 Å². The SMILES string of the molecule is O=C(O)[C@H]1CCCN1C(=O)C1=NN(Cc2ccccc2)C(=O)CC1. The molecular weight excluding hydrogens is 310 g/mol. The van der Waals surface area contributed by atoms with E-state index in [2.05, 4.69) is 5.10 Å². The summed E-state index contributed by atoms with van der Waals surface area (Å²) in [5.74, 6) is -1.49. The van der Waals surface area contributed by atoms with Gasteiger partial charge in [-0.25, -0.2) is 9.80 Å². The van der Waals surface area contributed by atoms with Crippen molar-refractivity contribution in [2.45, 2.75) is 38.3 Å². The molecule has 1 aromatic carbocycles. The highest BCUT2D eigenvalue weighted by atomic mass is 16.4. The predicted octanol–water partition coefficient (Wildman–Crippen LogP) is 1.24. The van der Waals surface area contributed by atoms with Crippen molar-refractivity contribution in [3.05, 3.63) is 35.9 Å². The summed E-state index contributed by atoms with van der Waals surface area (Å²) in [7, 11) is 0. The van der Waals surface area contributed by atoms with E-state index in [0.29, 0.717) is 25.9 Å². The van der Waals surface area contributed by atoms with Gasteiger partial charge in [0, 0.05) is 19.4 Å². The maximum absolute atomic E-state index is 12.6. The van der Waals surface area contributed by atoms with E-state index in [1.807, 2.05) is 30.3 Å². The Hall–Kier alpha value is -2.70. The maximum Gasteiger partial charge on any atom is 0.326 e. The lowest BCUT2D eigenvalue weighted by Gasteiger charge is -2.27. The van der Waals surface area contributed by atoms with Gasteiger partial charge in [-0.1, -0.05) is 30.3 Å². The van der Waals surface area contributed by atoms with Crippen LogP contribution in [-0.4, -0.2) is 51.1 Å². The molecule has 2 amide bonds. The fraction of sp³-hybridized carbons (Fsp3) is 0.412. The highest BCUT2D eigenvalue weighted by molar-refractivity contribution is 6.39. The first-order valence-corrected chi connectivity index (χ1v) is 8.02. The van der Waals surface area contributed by atoms with Gasteiger partial charge in [-0.05, 0) is 18.4 Å². The summed E-state index contributed by atoms with van der Waals surface area (Å²) >= 11 is 0.